The van der Waals surface area contributed by atoms with E-state index < -0.39 is 6.10 Å². The Balaban J connectivity index is 1.30. The van der Waals surface area contributed by atoms with Crippen LogP contribution in [0.5, 0.6) is 11.5 Å². The van der Waals surface area contributed by atoms with Gasteiger partial charge in [0.15, 0.2) is 11.5 Å². The highest BCUT2D eigenvalue weighted by Crippen LogP contribution is 2.37. The average Bonchev–Trinajstić information content (AvgIpc) is 3.31. The Labute approximate surface area is 156 Å². The number of carbonyl (C=O) groups excluding carboxylic acids is 1. The molecular formula is C19H22N2O4S. The van der Waals surface area contributed by atoms with Crippen LogP contribution in [0.3, 0.4) is 0 Å². The molecule has 0 spiro atoms. The molecular weight excluding hydrogens is 352 g/mol. The Kier molecular flexibility index (Phi) is 5.10. The van der Waals surface area contributed by atoms with Gasteiger partial charge in [0.1, 0.15) is 0 Å². The first-order valence-electron chi connectivity index (χ1n) is 8.78. The van der Waals surface area contributed by atoms with Crippen molar-refractivity contribution in [3.05, 3.63) is 46.2 Å². The second kappa shape index (κ2) is 7.65. The molecule has 1 aromatic carbocycles. The maximum Gasteiger partial charge on any atom is 0.234 e. The first kappa shape index (κ1) is 17.3. The van der Waals surface area contributed by atoms with E-state index in [9.17, 15) is 9.90 Å². The molecule has 1 aromatic heterocycles. The molecule has 2 aromatic rings. The van der Waals surface area contributed by atoms with Crippen LogP contribution in [0.25, 0.3) is 0 Å². The van der Waals surface area contributed by atoms with Crippen LogP contribution in [0.4, 0.5) is 0 Å². The molecule has 6 nitrogen and oxygen atoms in total. The number of fused-ring (bicyclic) bond motifs is 1. The summed E-state index contributed by atoms with van der Waals surface area (Å²) in [7, 11) is 0. The molecule has 0 aliphatic carbocycles. The zero-order chi connectivity index (χ0) is 17.9. The number of β-amino-alcohol motifs (C(OH)–C–C–N with tert-alkyl or cyclic N) is 1. The summed E-state index contributed by atoms with van der Waals surface area (Å²) in [6.07, 6.45) is 0.299. The second-order valence-corrected chi connectivity index (χ2v) is 7.70. The van der Waals surface area contributed by atoms with Gasteiger partial charge in [-0.15, -0.1) is 11.3 Å². The Morgan fingerprint density at radius 2 is 2.19 bits per heavy atom. The summed E-state index contributed by atoms with van der Waals surface area (Å²) in [6, 6.07) is 9.83. The number of hydrogen-bond donors (Lipinski definition) is 2. The molecule has 2 aliphatic rings. The number of piperidine rings is 1. The van der Waals surface area contributed by atoms with Crippen LogP contribution in [0.15, 0.2) is 35.7 Å². The molecule has 0 unspecified atom stereocenters. The van der Waals surface area contributed by atoms with E-state index in [1.807, 2.05) is 40.6 Å². The summed E-state index contributed by atoms with van der Waals surface area (Å²) in [5.74, 6) is 1.54. The molecule has 2 aliphatic heterocycles. The molecule has 7 heteroatoms. The number of ether oxygens (including phenoxy) is 2. The van der Waals surface area contributed by atoms with Crippen LogP contribution in [-0.4, -0.2) is 48.4 Å². The molecule has 2 atom stereocenters. The van der Waals surface area contributed by atoms with E-state index in [4.69, 9.17) is 9.47 Å². The van der Waals surface area contributed by atoms with Gasteiger partial charge in [0.25, 0.3) is 0 Å². The van der Waals surface area contributed by atoms with Crippen LogP contribution >= 0.6 is 11.3 Å². The Hall–Kier alpha value is -2.09. The zero-order valence-electron chi connectivity index (χ0n) is 14.4. The molecule has 1 amide bonds. The maximum absolute atomic E-state index is 12.1. The Morgan fingerprint density at radius 3 is 3.00 bits per heavy atom. The lowest BCUT2D eigenvalue weighted by Gasteiger charge is -2.35. The lowest BCUT2D eigenvalue weighted by molar-refractivity contribution is -0.123. The Morgan fingerprint density at radius 1 is 1.31 bits per heavy atom. The fourth-order valence-electron chi connectivity index (χ4n) is 3.53. The number of nitrogens with one attached hydrogen (secondary N) is 1. The lowest BCUT2D eigenvalue weighted by Crippen LogP contribution is -2.46. The molecule has 0 radical (unpaired) electrons. The second-order valence-electron chi connectivity index (χ2n) is 6.67. The van der Waals surface area contributed by atoms with E-state index in [2.05, 4.69) is 5.32 Å². The minimum atomic E-state index is -0.505. The quantitative estimate of drug-likeness (QED) is 0.837. The van der Waals surface area contributed by atoms with E-state index in [1.54, 1.807) is 11.3 Å². The number of amides is 1. The van der Waals surface area contributed by atoms with Crippen LogP contribution < -0.4 is 14.8 Å². The molecule has 1 fully saturated rings. The van der Waals surface area contributed by atoms with Crippen molar-refractivity contribution in [3.63, 3.8) is 0 Å². The smallest absolute Gasteiger partial charge is 0.234 e. The molecule has 0 saturated carbocycles. The van der Waals surface area contributed by atoms with Gasteiger partial charge in [0, 0.05) is 17.3 Å². The Bertz CT molecular complexity index is 765. The van der Waals surface area contributed by atoms with Crippen LogP contribution in [0.1, 0.15) is 22.8 Å². The van der Waals surface area contributed by atoms with Crippen molar-refractivity contribution < 1.29 is 19.4 Å². The number of carbonyl (C=O) groups is 1. The number of nitrogens with zero attached hydrogens (tertiary/aromatic N) is 1. The fraction of sp³-hybridized carbons (Fsp3) is 0.421. The molecule has 2 N–H and O–H groups in total. The number of aliphatic hydroxyl groups excluding tert-OH is 1. The van der Waals surface area contributed by atoms with E-state index in [0.29, 0.717) is 19.6 Å². The van der Waals surface area contributed by atoms with Gasteiger partial charge < -0.3 is 19.9 Å². The minimum absolute atomic E-state index is 0.00729. The van der Waals surface area contributed by atoms with Crippen molar-refractivity contribution in [2.75, 3.05) is 26.4 Å². The van der Waals surface area contributed by atoms with Gasteiger partial charge in [-0.05, 0) is 42.1 Å². The largest absolute Gasteiger partial charge is 0.454 e. The number of thiophene rings is 1. The van der Waals surface area contributed by atoms with Crippen molar-refractivity contribution in [3.8, 4) is 11.5 Å². The third kappa shape index (κ3) is 3.85. The number of rotatable bonds is 5. The SMILES string of the molecule is O=C(CN1CC[C@@H](c2ccc3c(c2)OCO3)[C@H](O)C1)NCc1cccs1. The summed E-state index contributed by atoms with van der Waals surface area (Å²) < 4.78 is 10.8. The minimum Gasteiger partial charge on any atom is -0.454 e. The van der Waals surface area contributed by atoms with Crippen molar-refractivity contribution in [1.82, 2.24) is 10.2 Å². The topological polar surface area (TPSA) is 71.0 Å². The van der Waals surface area contributed by atoms with Gasteiger partial charge in [-0.3, -0.25) is 9.69 Å². The van der Waals surface area contributed by atoms with E-state index >= 15 is 0 Å². The van der Waals surface area contributed by atoms with Gasteiger partial charge in [-0.2, -0.15) is 0 Å². The highest BCUT2D eigenvalue weighted by atomic mass is 32.1. The van der Waals surface area contributed by atoms with Gasteiger partial charge in [-0.1, -0.05) is 12.1 Å². The number of aliphatic hydroxyl groups is 1. The maximum atomic E-state index is 12.1. The van der Waals surface area contributed by atoms with Crippen molar-refractivity contribution in [1.29, 1.82) is 0 Å². The van der Waals surface area contributed by atoms with Gasteiger partial charge >= 0.3 is 0 Å². The first-order chi connectivity index (χ1) is 12.7. The van der Waals surface area contributed by atoms with E-state index in [-0.39, 0.29) is 18.6 Å². The third-order valence-electron chi connectivity index (χ3n) is 4.90. The van der Waals surface area contributed by atoms with Gasteiger partial charge in [0.2, 0.25) is 12.7 Å². The number of likely N-dealkylation sites (tertiary alicyclic amines) is 1. The summed E-state index contributed by atoms with van der Waals surface area (Å²) in [6.45, 7) is 2.40. The highest BCUT2D eigenvalue weighted by molar-refractivity contribution is 7.09. The van der Waals surface area contributed by atoms with E-state index in [0.717, 1.165) is 34.9 Å². The summed E-state index contributed by atoms with van der Waals surface area (Å²) in [5, 5.41) is 15.5. The van der Waals surface area contributed by atoms with Crippen LogP contribution in [0.2, 0.25) is 0 Å². The third-order valence-corrected chi connectivity index (χ3v) is 5.77. The van der Waals surface area contributed by atoms with Gasteiger partial charge in [0.05, 0.1) is 19.2 Å². The summed E-state index contributed by atoms with van der Waals surface area (Å²) in [5.41, 5.74) is 1.06. The standard InChI is InChI=1S/C19H22N2O4S/c22-16-10-21(11-19(23)20-9-14-2-1-7-26-14)6-5-15(16)13-3-4-17-18(8-13)25-12-24-17/h1-4,7-8,15-16,22H,5-6,9-12H2,(H,20,23)/t15-,16+/m0/s1. The summed E-state index contributed by atoms with van der Waals surface area (Å²) >= 11 is 1.63. The fourth-order valence-corrected chi connectivity index (χ4v) is 4.18. The molecule has 4 rings (SSSR count). The monoisotopic (exact) mass is 374 g/mol. The lowest BCUT2D eigenvalue weighted by atomic mass is 9.87. The molecule has 0 bridgehead atoms. The summed E-state index contributed by atoms with van der Waals surface area (Å²) in [4.78, 5) is 15.3. The van der Waals surface area contributed by atoms with Crippen molar-refractivity contribution in [2.24, 2.45) is 0 Å². The van der Waals surface area contributed by atoms with Gasteiger partial charge in [-0.25, -0.2) is 0 Å². The average molecular weight is 374 g/mol. The zero-order valence-corrected chi connectivity index (χ0v) is 15.2. The predicted molar refractivity (Wildman–Crippen MR) is 98.5 cm³/mol. The highest BCUT2D eigenvalue weighted by Gasteiger charge is 2.30. The van der Waals surface area contributed by atoms with E-state index in [1.165, 1.54) is 0 Å². The van der Waals surface area contributed by atoms with Crippen molar-refractivity contribution in [2.45, 2.75) is 25.0 Å². The molecule has 3 heterocycles. The normalized spacial score (nSPS) is 22.3. The molecule has 138 valence electrons. The first-order valence-corrected chi connectivity index (χ1v) is 9.66. The number of hydrogen-bond acceptors (Lipinski definition) is 6. The van der Waals surface area contributed by atoms with Crippen molar-refractivity contribution >= 4 is 17.2 Å². The molecule has 1 saturated heterocycles. The number of benzene rings is 1. The predicted octanol–water partition coefficient (Wildman–Crippen LogP) is 1.94. The van der Waals surface area contributed by atoms with Crippen LogP contribution in [-0.2, 0) is 11.3 Å². The van der Waals surface area contributed by atoms with Crippen LogP contribution in [0, 0.1) is 0 Å². The molecule has 26 heavy (non-hydrogen) atoms.